The van der Waals surface area contributed by atoms with Crippen LogP contribution in [0.5, 0.6) is 0 Å². The van der Waals surface area contributed by atoms with Crippen molar-refractivity contribution in [1.82, 2.24) is 15.0 Å². The summed E-state index contributed by atoms with van der Waals surface area (Å²) in [5.74, 6) is -3.33. The summed E-state index contributed by atoms with van der Waals surface area (Å²) in [6, 6.07) is 0. The van der Waals surface area contributed by atoms with E-state index in [1.165, 1.54) is 6.92 Å². The molecule has 0 aliphatic rings. The number of halogens is 6. The number of carbonyl (C=O) groups excluding carboxylic acids is 2. The number of ether oxygens (including phenoxy) is 2. The lowest BCUT2D eigenvalue weighted by Gasteiger charge is -2.25. The second-order valence-corrected chi connectivity index (χ2v) is 9.43. The van der Waals surface area contributed by atoms with E-state index in [1.807, 2.05) is 0 Å². The van der Waals surface area contributed by atoms with E-state index in [9.17, 15) is 9.59 Å². The zero-order valence-corrected chi connectivity index (χ0v) is 18.2. The molecule has 26 heavy (non-hydrogen) atoms. The van der Waals surface area contributed by atoms with Crippen molar-refractivity contribution in [2.45, 2.75) is 33.8 Å². The molecule has 13 heteroatoms. The summed E-state index contributed by atoms with van der Waals surface area (Å²) < 4.78 is 5.59. The molecule has 146 valence electrons. The lowest BCUT2D eigenvalue weighted by molar-refractivity contribution is -0.164. The number of hydrogen-bond donors (Lipinski definition) is 0. The summed E-state index contributed by atoms with van der Waals surface area (Å²) in [6.45, 7) is 4.25. The van der Waals surface area contributed by atoms with Crippen molar-refractivity contribution in [2.75, 3.05) is 13.2 Å². The number of esters is 2. The van der Waals surface area contributed by atoms with Crippen LogP contribution in [0.4, 0.5) is 0 Å². The third-order valence-corrected chi connectivity index (χ3v) is 3.97. The van der Waals surface area contributed by atoms with Crippen molar-refractivity contribution in [2.24, 2.45) is 0 Å². The van der Waals surface area contributed by atoms with Crippen LogP contribution in [0.25, 0.3) is 0 Å². The Labute approximate surface area is 179 Å². The second-order valence-electron chi connectivity index (χ2n) is 4.87. The molecule has 1 aromatic rings. The van der Waals surface area contributed by atoms with Crippen LogP contribution in [0.3, 0.4) is 0 Å². The standard InChI is InChI=1S/C13H13Cl6N3O4/c1-4-25-9(23)11(3,10(24)26-5-2)6-20-7(12(14,15)16)22-8(21-6)13(17,18)19/h4-5H2,1-3H3. The van der Waals surface area contributed by atoms with Gasteiger partial charge < -0.3 is 9.47 Å². The smallest absolute Gasteiger partial charge is 0.331 e. The molecule has 0 aliphatic carbocycles. The van der Waals surface area contributed by atoms with Gasteiger partial charge in [-0.3, -0.25) is 9.59 Å². The van der Waals surface area contributed by atoms with Crippen molar-refractivity contribution < 1.29 is 19.1 Å². The highest BCUT2D eigenvalue weighted by Gasteiger charge is 2.50. The van der Waals surface area contributed by atoms with Gasteiger partial charge in [-0.1, -0.05) is 69.6 Å². The summed E-state index contributed by atoms with van der Waals surface area (Å²) in [7, 11) is 0. The lowest BCUT2D eigenvalue weighted by atomic mass is 9.89. The average Bonchev–Trinajstić information content (AvgIpc) is 2.52. The number of carbonyl (C=O) groups is 2. The molecule has 0 bridgehead atoms. The third-order valence-electron chi connectivity index (χ3n) is 2.96. The Morgan fingerprint density at radius 1 is 0.769 bits per heavy atom. The first-order valence-corrected chi connectivity index (χ1v) is 9.30. The van der Waals surface area contributed by atoms with Gasteiger partial charge in [0.05, 0.1) is 13.2 Å². The molecule has 0 radical (unpaired) electrons. The van der Waals surface area contributed by atoms with E-state index in [4.69, 9.17) is 79.1 Å². The van der Waals surface area contributed by atoms with Gasteiger partial charge in [-0.25, -0.2) is 15.0 Å². The van der Waals surface area contributed by atoms with Gasteiger partial charge in [-0.2, -0.15) is 0 Å². The van der Waals surface area contributed by atoms with Crippen LogP contribution in [0, 0.1) is 0 Å². The molecular formula is C13H13Cl6N3O4. The minimum atomic E-state index is -2.15. The highest BCUT2D eigenvalue weighted by Crippen LogP contribution is 2.41. The molecule has 0 aromatic carbocycles. The van der Waals surface area contributed by atoms with Crippen LogP contribution in [-0.4, -0.2) is 40.1 Å². The Morgan fingerprint density at radius 3 is 1.35 bits per heavy atom. The van der Waals surface area contributed by atoms with E-state index in [2.05, 4.69) is 15.0 Å². The fraction of sp³-hybridized carbons (Fsp3) is 0.615. The van der Waals surface area contributed by atoms with E-state index < -0.39 is 42.4 Å². The van der Waals surface area contributed by atoms with E-state index >= 15 is 0 Å². The van der Waals surface area contributed by atoms with Crippen LogP contribution < -0.4 is 0 Å². The fourth-order valence-corrected chi connectivity index (χ4v) is 2.18. The predicted molar refractivity (Wildman–Crippen MR) is 98.9 cm³/mol. The van der Waals surface area contributed by atoms with Crippen LogP contribution in [0.15, 0.2) is 0 Å². The normalized spacial score (nSPS) is 12.7. The number of alkyl halides is 6. The van der Waals surface area contributed by atoms with Crippen LogP contribution in [-0.2, 0) is 32.1 Å². The first kappa shape index (κ1) is 23.7. The number of hydrogen-bond acceptors (Lipinski definition) is 7. The Bertz CT molecular complexity index is 639. The van der Waals surface area contributed by atoms with Gasteiger partial charge in [0.1, 0.15) is 0 Å². The van der Waals surface area contributed by atoms with E-state index in [1.54, 1.807) is 13.8 Å². The molecule has 1 heterocycles. The maximum atomic E-state index is 12.5. The van der Waals surface area contributed by atoms with Gasteiger partial charge in [0.2, 0.25) is 13.0 Å². The molecule has 0 N–H and O–H groups in total. The molecule has 1 rings (SSSR count). The molecule has 0 atom stereocenters. The zero-order valence-electron chi connectivity index (χ0n) is 13.7. The van der Waals surface area contributed by atoms with Crippen LogP contribution in [0.2, 0.25) is 0 Å². The summed E-state index contributed by atoms with van der Waals surface area (Å²) in [4.78, 5) is 36.5. The number of rotatable bonds is 5. The molecule has 0 unspecified atom stereocenters. The van der Waals surface area contributed by atoms with Gasteiger partial charge >= 0.3 is 11.9 Å². The van der Waals surface area contributed by atoms with Crippen molar-refractivity contribution in [1.29, 1.82) is 0 Å². The Hall–Kier alpha value is -0.310. The summed E-state index contributed by atoms with van der Waals surface area (Å²) in [5, 5.41) is 0. The quantitative estimate of drug-likeness (QED) is 0.353. The van der Waals surface area contributed by atoms with Gasteiger partial charge in [0.15, 0.2) is 17.5 Å². The monoisotopic (exact) mass is 485 g/mol. The molecule has 0 amide bonds. The SMILES string of the molecule is CCOC(=O)C(C)(C(=O)OCC)c1nc(C(Cl)(Cl)Cl)nc(C(Cl)(Cl)Cl)n1. The average molecular weight is 488 g/mol. The second kappa shape index (κ2) is 8.80. The van der Waals surface area contributed by atoms with E-state index in [-0.39, 0.29) is 13.2 Å². The molecule has 0 fully saturated rings. The van der Waals surface area contributed by atoms with E-state index in [0.717, 1.165) is 0 Å². The van der Waals surface area contributed by atoms with Gasteiger partial charge in [-0.05, 0) is 20.8 Å². The maximum absolute atomic E-state index is 12.5. The maximum Gasteiger partial charge on any atom is 0.331 e. The predicted octanol–water partition coefficient (Wildman–Crippen LogP) is 3.91. The molecule has 0 saturated heterocycles. The molecule has 1 aromatic heterocycles. The Balaban J connectivity index is 3.74. The van der Waals surface area contributed by atoms with Gasteiger partial charge in [0, 0.05) is 0 Å². The highest BCUT2D eigenvalue weighted by molar-refractivity contribution is 6.67. The zero-order chi connectivity index (χ0) is 20.3. The summed E-state index contributed by atoms with van der Waals surface area (Å²) in [5.41, 5.74) is -2.11. The molecule has 0 saturated carbocycles. The number of aromatic nitrogens is 3. The fourth-order valence-electron chi connectivity index (χ4n) is 1.67. The van der Waals surface area contributed by atoms with E-state index in [0.29, 0.717) is 0 Å². The first-order chi connectivity index (χ1) is 11.8. The van der Waals surface area contributed by atoms with Crippen molar-refractivity contribution in [3.63, 3.8) is 0 Å². The van der Waals surface area contributed by atoms with Crippen molar-refractivity contribution >= 4 is 81.5 Å². The van der Waals surface area contributed by atoms with Gasteiger partial charge in [-0.15, -0.1) is 0 Å². The molecule has 7 nitrogen and oxygen atoms in total. The van der Waals surface area contributed by atoms with Crippen molar-refractivity contribution in [3.05, 3.63) is 17.5 Å². The lowest BCUT2D eigenvalue weighted by Crippen LogP contribution is -2.46. The van der Waals surface area contributed by atoms with Crippen molar-refractivity contribution in [3.8, 4) is 0 Å². The molecule has 0 spiro atoms. The Kier molecular flexibility index (Phi) is 8.03. The van der Waals surface area contributed by atoms with Gasteiger partial charge in [0.25, 0.3) is 0 Å². The Morgan fingerprint density at radius 2 is 1.08 bits per heavy atom. The third kappa shape index (κ3) is 5.36. The largest absolute Gasteiger partial charge is 0.465 e. The van der Waals surface area contributed by atoms with Crippen LogP contribution in [0.1, 0.15) is 38.2 Å². The minimum absolute atomic E-state index is 0.0203. The minimum Gasteiger partial charge on any atom is -0.465 e. The highest BCUT2D eigenvalue weighted by atomic mass is 35.6. The first-order valence-electron chi connectivity index (χ1n) is 7.03. The summed E-state index contributed by atoms with van der Waals surface area (Å²) >= 11 is 34.8. The molecule has 0 aliphatic heterocycles. The topological polar surface area (TPSA) is 91.3 Å². The summed E-state index contributed by atoms with van der Waals surface area (Å²) in [6.07, 6.45) is 0. The van der Waals surface area contributed by atoms with Crippen LogP contribution >= 0.6 is 69.6 Å². The molecular weight excluding hydrogens is 475 g/mol. The number of nitrogens with zero attached hydrogens (tertiary/aromatic N) is 3.